The van der Waals surface area contributed by atoms with Crippen molar-refractivity contribution in [3.05, 3.63) is 74.8 Å². The average Bonchev–Trinajstić information content (AvgIpc) is 3.18. The first kappa shape index (κ1) is 20.0. The van der Waals surface area contributed by atoms with E-state index >= 15 is 0 Å². The number of alkyl halides is 2. The molecule has 0 aliphatic carbocycles. The minimum Gasteiger partial charge on any atom is -0.367 e. The molecule has 6 nitrogen and oxygen atoms in total. The molecule has 11 heteroatoms. The summed E-state index contributed by atoms with van der Waals surface area (Å²) in [5, 5.41) is 6.90. The second-order valence-corrected chi connectivity index (χ2v) is 9.21. The van der Waals surface area contributed by atoms with Crippen molar-refractivity contribution in [1.82, 2.24) is 19.7 Å². The summed E-state index contributed by atoms with van der Waals surface area (Å²) in [5.74, 6) is 0.188. The largest absolute Gasteiger partial charge is 0.367 e. The Morgan fingerprint density at radius 1 is 1.28 bits per heavy atom. The number of rotatable bonds is 4. The third kappa shape index (κ3) is 3.16. The number of amidine groups is 1. The van der Waals surface area contributed by atoms with Gasteiger partial charge in [-0.2, -0.15) is 13.9 Å². The third-order valence-electron chi connectivity index (χ3n) is 5.87. The SMILES string of the molecule is Fc1ccc([C@@H]2N=C(c3nccs3)N3CC4(CO4)CC3=C2c2ccn(C(F)F)n2)c(Cl)c1. The molecule has 32 heavy (non-hydrogen) atoms. The predicted molar refractivity (Wildman–Crippen MR) is 113 cm³/mol. The molecule has 0 bridgehead atoms. The van der Waals surface area contributed by atoms with Gasteiger partial charge in [0, 0.05) is 46.1 Å². The summed E-state index contributed by atoms with van der Waals surface area (Å²) in [7, 11) is 0. The van der Waals surface area contributed by atoms with Crippen LogP contribution in [-0.4, -0.2) is 44.3 Å². The highest BCUT2D eigenvalue weighted by Gasteiger charge is 2.55. The number of aromatic nitrogens is 3. The summed E-state index contributed by atoms with van der Waals surface area (Å²) in [6.45, 7) is -1.57. The highest BCUT2D eigenvalue weighted by molar-refractivity contribution is 7.11. The summed E-state index contributed by atoms with van der Waals surface area (Å²) in [4.78, 5) is 11.4. The third-order valence-corrected chi connectivity index (χ3v) is 6.97. The van der Waals surface area contributed by atoms with Gasteiger partial charge in [-0.3, -0.25) is 4.99 Å². The zero-order valence-corrected chi connectivity index (χ0v) is 18.0. The Morgan fingerprint density at radius 3 is 2.78 bits per heavy atom. The second kappa shape index (κ2) is 7.16. The van der Waals surface area contributed by atoms with Crippen LogP contribution < -0.4 is 0 Å². The Balaban J connectivity index is 1.58. The smallest absolute Gasteiger partial charge is 0.333 e. The van der Waals surface area contributed by atoms with Gasteiger partial charge in [0.25, 0.3) is 0 Å². The van der Waals surface area contributed by atoms with Crippen molar-refractivity contribution in [2.75, 3.05) is 13.2 Å². The van der Waals surface area contributed by atoms with E-state index in [4.69, 9.17) is 21.3 Å². The molecule has 3 aliphatic heterocycles. The number of hydrogen-bond donors (Lipinski definition) is 0. The minimum absolute atomic E-state index is 0.201. The average molecular weight is 478 g/mol. The zero-order chi connectivity index (χ0) is 22.0. The molecule has 2 fully saturated rings. The first-order chi connectivity index (χ1) is 15.4. The summed E-state index contributed by atoms with van der Waals surface area (Å²) in [5.41, 5.74) is 2.15. The topological polar surface area (TPSA) is 58.8 Å². The molecule has 0 saturated carbocycles. The van der Waals surface area contributed by atoms with Gasteiger partial charge in [0.2, 0.25) is 0 Å². The molecule has 0 N–H and O–H groups in total. The Hall–Kier alpha value is -2.69. The Labute approximate surface area is 189 Å². The van der Waals surface area contributed by atoms with Gasteiger partial charge < -0.3 is 9.64 Å². The van der Waals surface area contributed by atoms with E-state index in [1.54, 1.807) is 18.3 Å². The molecule has 1 aromatic carbocycles. The van der Waals surface area contributed by atoms with Crippen LogP contribution in [0.5, 0.6) is 0 Å². The lowest BCUT2D eigenvalue weighted by Crippen LogP contribution is -2.34. The van der Waals surface area contributed by atoms with Crippen LogP contribution >= 0.6 is 22.9 Å². The number of thiazole rings is 1. The lowest BCUT2D eigenvalue weighted by atomic mass is 9.91. The number of nitrogens with zero attached hydrogens (tertiary/aromatic N) is 5. The summed E-state index contributed by atoms with van der Waals surface area (Å²) < 4.78 is 46.7. The standard InChI is InChI=1S/C21H15ClF3N5OS/c22-13-7-11(23)1-2-12(13)17-16(14-3-5-30(28-14)20(24)25)15-8-21(10-31-21)9-29(15)18(27-17)19-26-4-6-32-19/h1-7,17,20H,8-10H2/t17-,21?/m0/s1. The van der Waals surface area contributed by atoms with Crippen LogP contribution in [0.4, 0.5) is 13.2 Å². The van der Waals surface area contributed by atoms with Gasteiger partial charge in [0.15, 0.2) is 10.8 Å². The second-order valence-electron chi connectivity index (χ2n) is 7.91. The first-order valence-electron chi connectivity index (χ1n) is 9.85. The molecule has 3 aliphatic rings. The molecule has 2 aromatic heterocycles. The summed E-state index contributed by atoms with van der Waals surface area (Å²) in [6.07, 6.45) is 3.52. The first-order valence-corrected chi connectivity index (χ1v) is 11.1. The Morgan fingerprint density at radius 2 is 2.12 bits per heavy atom. The highest BCUT2D eigenvalue weighted by Crippen LogP contribution is 2.51. The van der Waals surface area contributed by atoms with Crippen molar-refractivity contribution < 1.29 is 17.9 Å². The van der Waals surface area contributed by atoms with E-state index in [2.05, 4.69) is 10.1 Å². The molecule has 5 heterocycles. The molecule has 3 aromatic rings. The number of hydrogen-bond acceptors (Lipinski definition) is 6. The number of fused-ring (bicyclic) bond motifs is 1. The molecule has 2 saturated heterocycles. The van der Waals surface area contributed by atoms with Crippen LogP contribution in [0.15, 0.2) is 52.7 Å². The van der Waals surface area contributed by atoms with Crippen molar-refractivity contribution in [3.63, 3.8) is 0 Å². The molecule has 164 valence electrons. The monoisotopic (exact) mass is 477 g/mol. The van der Waals surface area contributed by atoms with E-state index in [9.17, 15) is 13.2 Å². The maximum atomic E-state index is 13.8. The van der Waals surface area contributed by atoms with Crippen LogP contribution in [0.2, 0.25) is 5.02 Å². The van der Waals surface area contributed by atoms with Gasteiger partial charge in [-0.25, -0.2) is 14.1 Å². The van der Waals surface area contributed by atoms with Crippen molar-refractivity contribution >= 4 is 34.3 Å². The van der Waals surface area contributed by atoms with Gasteiger partial charge in [0.1, 0.15) is 17.5 Å². The maximum absolute atomic E-state index is 13.8. The Bertz CT molecular complexity index is 1270. The van der Waals surface area contributed by atoms with Crippen molar-refractivity contribution in [3.8, 4) is 0 Å². The normalized spacial score (nSPS) is 24.5. The van der Waals surface area contributed by atoms with Gasteiger partial charge in [-0.15, -0.1) is 11.3 Å². The molecular formula is C21H15ClF3N5OS. The fraction of sp³-hybridized carbons (Fsp3) is 0.286. The van der Waals surface area contributed by atoms with E-state index in [0.717, 1.165) is 10.7 Å². The van der Waals surface area contributed by atoms with Crippen molar-refractivity contribution in [1.29, 1.82) is 0 Å². The summed E-state index contributed by atoms with van der Waals surface area (Å²) in [6, 6.07) is 4.99. The van der Waals surface area contributed by atoms with Gasteiger partial charge in [-0.05, 0) is 18.2 Å². The fourth-order valence-electron chi connectivity index (χ4n) is 4.32. The maximum Gasteiger partial charge on any atom is 0.333 e. The lowest BCUT2D eigenvalue weighted by Gasteiger charge is -2.32. The number of benzene rings is 1. The van der Waals surface area contributed by atoms with E-state index in [0.29, 0.717) is 46.9 Å². The number of aliphatic imine (C=N–C) groups is 1. The van der Waals surface area contributed by atoms with Gasteiger partial charge >= 0.3 is 6.55 Å². The quantitative estimate of drug-likeness (QED) is 0.501. The van der Waals surface area contributed by atoms with Crippen molar-refractivity contribution in [2.24, 2.45) is 4.99 Å². The predicted octanol–water partition coefficient (Wildman–Crippen LogP) is 4.91. The molecule has 0 radical (unpaired) electrons. The minimum atomic E-state index is -2.77. The fourth-order valence-corrected chi connectivity index (χ4v) is 5.24. The molecule has 6 rings (SSSR count). The van der Waals surface area contributed by atoms with E-state index in [-0.39, 0.29) is 10.6 Å². The molecule has 2 atom stereocenters. The van der Waals surface area contributed by atoms with Crippen LogP contribution in [0.3, 0.4) is 0 Å². The highest BCUT2D eigenvalue weighted by atomic mass is 35.5. The molecule has 1 unspecified atom stereocenters. The lowest BCUT2D eigenvalue weighted by molar-refractivity contribution is 0.0564. The van der Waals surface area contributed by atoms with Gasteiger partial charge in [-0.1, -0.05) is 17.7 Å². The van der Waals surface area contributed by atoms with Crippen molar-refractivity contribution in [2.45, 2.75) is 24.6 Å². The number of halogens is 4. The van der Waals surface area contributed by atoms with Crippen LogP contribution in [0.1, 0.15) is 35.3 Å². The molecule has 1 spiro atoms. The van der Waals surface area contributed by atoms with E-state index < -0.39 is 18.4 Å². The molecular weight excluding hydrogens is 463 g/mol. The van der Waals surface area contributed by atoms with E-state index in [1.807, 2.05) is 10.3 Å². The summed E-state index contributed by atoms with van der Waals surface area (Å²) >= 11 is 7.88. The van der Waals surface area contributed by atoms with E-state index in [1.165, 1.54) is 29.7 Å². The number of epoxide rings is 1. The van der Waals surface area contributed by atoms with Crippen LogP contribution in [0.25, 0.3) is 5.57 Å². The Kier molecular flexibility index (Phi) is 4.46. The zero-order valence-electron chi connectivity index (χ0n) is 16.4. The van der Waals surface area contributed by atoms with Gasteiger partial charge in [0.05, 0.1) is 18.8 Å². The van der Waals surface area contributed by atoms with Crippen LogP contribution in [-0.2, 0) is 4.74 Å². The number of ether oxygens (including phenoxy) is 1. The van der Waals surface area contributed by atoms with Crippen LogP contribution in [0, 0.1) is 5.82 Å². The molecule has 0 amide bonds.